The van der Waals surface area contributed by atoms with Crippen LogP contribution in [0.5, 0.6) is 0 Å². The third-order valence-corrected chi connectivity index (χ3v) is 4.89. The van der Waals surface area contributed by atoms with Crippen molar-refractivity contribution in [2.75, 3.05) is 0 Å². The zero-order chi connectivity index (χ0) is 18.9. The van der Waals surface area contributed by atoms with Crippen LogP contribution in [0.3, 0.4) is 0 Å². The number of para-hydroxylation sites is 2. The summed E-state index contributed by atoms with van der Waals surface area (Å²) in [7, 11) is -3.76. The average molecular weight is 375 g/mol. The Labute approximate surface area is 149 Å². The first kappa shape index (κ1) is 17.9. The van der Waals surface area contributed by atoms with Crippen molar-refractivity contribution in [3.8, 4) is 0 Å². The summed E-state index contributed by atoms with van der Waals surface area (Å²) in [5.41, 5.74) is 1.66. The SMILES string of the molecule is C[C@@H](NC(=O)Cn1c(=O)oc2ccccc21)c1ccc(S(N)(=O)=O)cc1. The topological polar surface area (TPSA) is 124 Å². The van der Waals surface area contributed by atoms with Gasteiger partial charge in [-0.1, -0.05) is 24.3 Å². The maximum absolute atomic E-state index is 12.3. The molecule has 0 bridgehead atoms. The van der Waals surface area contributed by atoms with Crippen LogP contribution in [-0.4, -0.2) is 18.9 Å². The highest BCUT2D eigenvalue weighted by molar-refractivity contribution is 7.89. The highest BCUT2D eigenvalue weighted by Crippen LogP contribution is 2.16. The molecule has 0 aliphatic carbocycles. The van der Waals surface area contributed by atoms with Crippen molar-refractivity contribution < 1.29 is 17.6 Å². The molecule has 2 aromatic carbocycles. The molecule has 3 N–H and O–H groups in total. The second kappa shape index (κ2) is 6.77. The van der Waals surface area contributed by atoms with Crippen LogP contribution in [0.4, 0.5) is 0 Å². The Hall–Kier alpha value is -2.91. The number of carbonyl (C=O) groups excluding carboxylic acids is 1. The lowest BCUT2D eigenvalue weighted by Gasteiger charge is -2.15. The molecule has 8 nitrogen and oxygen atoms in total. The van der Waals surface area contributed by atoms with Gasteiger partial charge in [-0.3, -0.25) is 9.36 Å². The summed E-state index contributed by atoms with van der Waals surface area (Å²) >= 11 is 0. The molecule has 136 valence electrons. The van der Waals surface area contributed by atoms with E-state index in [1.807, 2.05) is 0 Å². The van der Waals surface area contributed by atoms with Crippen LogP contribution in [0.2, 0.25) is 0 Å². The van der Waals surface area contributed by atoms with Gasteiger partial charge >= 0.3 is 5.76 Å². The predicted octanol–water partition coefficient (Wildman–Crippen LogP) is 1.12. The molecule has 0 radical (unpaired) electrons. The summed E-state index contributed by atoms with van der Waals surface area (Å²) in [5, 5.41) is 7.82. The van der Waals surface area contributed by atoms with E-state index in [1.54, 1.807) is 43.3 Å². The molecule has 0 saturated heterocycles. The van der Waals surface area contributed by atoms with Gasteiger partial charge in [0.25, 0.3) is 0 Å². The second-order valence-electron chi connectivity index (χ2n) is 5.83. The van der Waals surface area contributed by atoms with E-state index in [9.17, 15) is 18.0 Å². The molecule has 3 aromatic rings. The van der Waals surface area contributed by atoms with Crippen molar-refractivity contribution in [1.29, 1.82) is 0 Å². The molecule has 9 heteroatoms. The van der Waals surface area contributed by atoms with Crippen molar-refractivity contribution in [2.24, 2.45) is 5.14 Å². The molecule has 0 fully saturated rings. The highest BCUT2D eigenvalue weighted by Gasteiger charge is 2.15. The Morgan fingerprint density at radius 1 is 1.19 bits per heavy atom. The van der Waals surface area contributed by atoms with Crippen LogP contribution in [0.1, 0.15) is 18.5 Å². The fourth-order valence-corrected chi connectivity index (χ4v) is 3.14. The molecule has 3 rings (SSSR count). The minimum absolute atomic E-state index is 0.00352. The summed E-state index contributed by atoms with van der Waals surface area (Å²) in [6.45, 7) is 1.57. The summed E-state index contributed by atoms with van der Waals surface area (Å²) in [6.07, 6.45) is 0. The number of rotatable bonds is 5. The molecule has 0 saturated carbocycles. The number of carbonyl (C=O) groups is 1. The maximum atomic E-state index is 12.3. The number of oxazole rings is 1. The standard InChI is InChI=1S/C17H17N3O5S/c1-11(12-6-8-13(9-7-12)26(18,23)24)19-16(21)10-20-14-4-2-3-5-15(14)25-17(20)22/h2-9,11H,10H2,1H3,(H,19,21)(H2,18,23,24)/t11-/m1/s1. The van der Waals surface area contributed by atoms with Gasteiger partial charge < -0.3 is 9.73 Å². The minimum atomic E-state index is -3.76. The van der Waals surface area contributed by atoms with Gasteiger partial charge in [0, 0.05) is 0 Å². The fraction of sp³-hybridized carbons (Fsp3) is 0.176. The van der Waals surface area contributed by atoms with E-state index in [0.717, 1.165) is 0 Å². The Balaban J connectivity index is 1.73. The number of nitrogens with two attached hydrogens (primary N) is 1. The van der Waals surface area contributed by atoms with Gasteiger partial charge in [-0.2, -0.15) is 0 Å². The molecule has 1 aromatic heterocycles. The number of benzene rings is 2. The van der Waals surface area contributed by atoms with E-state index in [-0.39, 0.29) is 23.4 Å². The van der Waals surface area contributed by atoms with Gasteiger partial charge in [-0.15, -0.1) is 0 Å². The van der Waals surface area contributed by atoms with E-state index in [1.165, 1.54) is 16.7 Å². The van der Waals surface area contributed by atoms with Crippen LogP contribution >= 0.6 is 0 Å². The van der Waals surface area contributed by atoms with Gasteiger partial charge in [-0.25, -0.2) is 18.4 Å². The third kappa shape index (κ3) is 3.68. The molecule has 26 heavy (non-hydrogen) atoms. The zero-order valence-corrected chi connectivity index (χ0v) is 14.7. The number of hydrogen-bond acceptors (Lipinski definition) is 5. The van der Waals surface area contributed by atoms with Gasteiger partial charge in [0.1, 0.15) is 6.54 Å². The molecular formula is C17H17N3O5S. The number of hydrogen-bond donors (Lipinski definition) is 2. The Bertz CT molecular complexity index is 1110. The molecule has 0 aliphatic rings. The number of nitrogens with one attached hydrogen (secondary N) is 1. The van der Waals surface area contributed by atoms with Gasteiger partial charge in [0.05, 0.1) is 16.5 Å². The van der Waals surface area contributed by atoms with Crippen molar-refractivity contribution in [3.05, 3.63) is 64.6 Å². The van der Waals surface area contributed by atoms with Crippen LogP contribution < -0.4 is 16.2 Å². The number of fused-ring (bicyclic) bond motifs is 1. The summed E-state index contributed by atoms with van der Waals surface area (Å²) in [5.74, 6) is -0.979. The molecule has 1 atom stereocenters. The fourth-order valence-electron chi connectivity index (χ4n) is 2.62. The number of aromatic nitrogens is 1. The van der Waals surface area contributed by atoms with E-state index < -0.39 is 15.8 Å². The first-order valence-electron chi connectivity index (χ1n) is 7.76. The molecule has 0 unspecified atom stereocenters. The lowest BCUT2D eigenvalue weighted by atomic mass is 10.1. The van der Waals surface area contributed by atoms with E-state index in [0.29, 0.717) is 16.7 Å². The van der Waals surface area contributed by atoms with Crippen LogP contribution in [0, 0.1) is 0 Å². The van der Waals surface area contributed by atoms with Crippen molar-refractivity contribution in [2.45, 2.75) is 24.4 Å². The second-order valence-corrected chi connectivity index (χ2v) is 7.39. The summed E-state index contributed by atoms with van der Waals surface area (Å²) in [6, 6.07) is 12.4. The first-order chi connectivity index (χ1) is 12.3. The van der Waals surface area contributed by atoms with E-state index >= 15 is 0 Å². The van der Waals surface area contributed by atoms with Crippen LogP contribution in [-0.2, 0) is 21.4 Å². The van der Waals surface area contributed by atoms with Crippen molar-refractivity contribution in [3.63, 3.8) is 0 Å². The molecule has 0 aliphatic heterocycles. The number of primary sulfonamides is 1. The lowest BCUT2D eigenvalue weighted by molar-refractivity contribution is -0.122. The number of sulfonamides is 1. The normalized spacial score (nSPS) is 12.8. The first-order valence-corrected chi connectivity index (χ1v) is 9.31. The Morgan fingerprint density at radius 3 is 2.50 bits per heavy atom. The monoisotopic (exact) mass is 375 g/mol. The van der Waals surface area contributed by atoms with Crippen LogP contribution in [0.25, 0.3) is 11.1 Å². The number of nitrogens with zero attached hydrogens (tertiary/aromatic N) is 1. The van der Waals surface area contributed by atoms with Gasteiger partial charge in [0.2, 0.25) is 15.9 Å². The largest absolute Gasteiger partial charge is 0.420 e. The van der Waals surface area contributed by atoms with E-state index in [4.69, 9.17) is 9.56 Å². The van der Waals surface area contributed by atoms with Crippen molar-refractivity contribution in [1.82, 2.24) is 9.88 Å². The molecular weight excluding hydrogens is 358 g/mol. The zero-order valence-electron chi connectivity index (χ0n) is 13.9. The molecule has 1 heterocycles. The summed E-state index contributed by atoms with van der Waals surface area (Å²) < 4.78 is 28.9. The Kier molecular flexibility index (Phi) is 4.66. The van der Waals surface area contributed by atoms with Gasteiger partial charge in [0.15, 0.2) is 5.58 Å². The summed E-state index contributed by atoms with van der Waals surface area (Å²) in [4.78, 5) is 24.2. The number of amides is 1. The molecule has 0 spiro atoms. The smallest absolute Gasteiger partial charge is 0.408 e. The quantitative estimate of drug-likeness (QED) is 0.691. The molecule has 1 amide bonds. The highest BCUT2D eigenvalue weighted by atomic mass is 32.2. The minimum Gasteiger partial charge on any atom is -0.408 e. The average Bonchev–Trinajstić information content (AvgIpc) is 2.90. The lowest BCUT2D eigenvalue weighted by Crippen LogP contribution is -2.32. The maximum Gasteiger partial charge on any atom is 0.420 e. The van der Waals surface area contributed by atoms with E-state index in [2.05, 4.69) is 5.32 Å². The van der Waals surface area contributed by atoms with Gasteiger partial charge in [-0.05, 0) is 36.8 Å². The Morgan fingerprint density at radius 2 is 1.85 bits per heavy atom. The third-order valence-electron chi connectivity index (χ3n) is 3.96. The van der Waals surface area contributed by atoms with Crippen LogP contribution in [0.15, 0.2) is 62.6 Å². The van der Waals surface area contributed by atoms with Crippen molar-refractivity contribution >= 4 is 27.0 Å². The predicted molar refractivity (Wildman–Crippen MR) is 94.8 cm³/mol.